The summed E-state index contributed by atoms with van der Waals surface area (Å²) in [5, 5.41) is 5.23. The van der Waals surface area contributed by atoms with Crippen LogP contribution in [0.15, 0.2) is 29.2 Å². The molecule has 0 aliphatic rings. The standard InChI is InChI=1S/C12H16BrN3O/c1-2-5-10(8-13)9-16-12(17)15-7-4-3-6-11(15)14-16/h3-4,6-7,10H,2,5,8-9H2,1H3. The van der Waals surface area contributed by atoms with Crippen molar-refractivity contribution < 1.29 is 0 Å². The van der Waals surface area contributed by atoms with E-state index in [0.717, 1.165) is 18.2 Å². The summed E-state index contributed by atoms with van der Waals surface area (Å²) in [6.45, 7) is 2.84. The number of hydrogen-bond acceptors (Lipinski definition) is 2. The van der Waals surface area contributed by atoms with Crippen LogP contribution in [0.25, 0.3) is 5.65 Å². The van der Waals surface area contributed by atoms with Crippen LogP contribution in [0.5, 0.6) is 0 Å². The zero-order valence-electron chi connectivity index (χ0n) is 9.84. The van der Waals surface area contributed by atoms with E-state index in [2.05, 4.69) is 28.0 Å². The molecule has 4 nitrogen and oxygen atoms in total. The number of halogens is 1. The third kappa shape index (κ3) is 2.60. The van der Waals surface area contributed by atoms with Gasteiger partial charge < -0.3 is 0 Å². The van der Waals surface area contributed by atoms with Crippen molar-refractivity contribution in [3.05, 3.63) is 34.9 Å². The van der Waals surface area contributed by atoms with E-state index in [1.807, 2.05) is 18.2 Å². The molecule has 2 rings (SSSR count). The molecular formula is C12H16BrN3O. The molecule has 0 aliphatic heterocycles. The lowest BCUT2D eigenvalue weighted by molar-refractivity contribution is 0.420. The van der Waals surface area contributed by atoms with Crippen molar-refractivity contribution in [2.45, 2.75) is 26.3 Å². The van der Waals surface area contributed by atoms with E-state index in [1.54, 1.807) is 15.3 Å². The summed E-state index contributed by atoms with van der Waals surface area (Å²) >= 11 is 3.49. The van der Waals surface area contributed by atoms with E-state index in [0.29, 0.717) is 18.1 Å². The second-order valence-electron chi connectivity index (χ2n) is 4.20. The molecule has 2 aromatic rings. The molecule has 0 saturated carbocycles. The molecular weight excluding hydrogens is 282 g/mol. The van der Waals surface area contributed by atoms with Crippen LogP contribution in [-0.2, 0) is 6.54 Å². The molecule has 0 radical (unpaired) electrons. The van der Waals surface area contributed by atoms with E-state index in [4.69, 9.17) is 0 Å². The Bertz CT molecular complexity index is 546. The first-order valence-electron chi connectivity index (χ1n) is 5.86. The van der Waals surface area contributed by atoms with Gasteiger partial charge in [0.15, 0.2) is 5.65 Å². The fourth-order valence-electron chi connectivity index (χ4n) is 1.96. The lowest BCUT2D eigenvalue weighted by atomic mass is 10.1. The SMILES string of the molecule is CCCC(CBr)Cn1nc2ccccn2c1=O. The lowest BCUT2D eigenvalue weighted by Gasteiger charge is -2.11. The maximum Gasteiger partial charge on any atom is 0.350 e. The first-order valence-corrected chi connectivity index (χ1v) is 6.98. The largest absolute Gasteiger partial charge is 0.350 e. The van der Waals surface area contributed by atoms with Crippen LogP contribution in [0.1, 0.15) is 19.8 Å². The van der Waals surface area contributed by atoms with E-state index in [1.165, 1.54) is 0 Å². The number of rotatable bonds is 5. The molecule has 1 atom stereocenters. The highest BCUT2D eigenvalue weighted by molar-refractivity contribution is 9.09. The Balaban J connectivity index is 2.29. The molecule has 0 fully saturated rings. The van der Waals surface area contributed by atoms with E-state index < -0.39 is 0 Å². The maximum absolute atomic E-state index is 12.0. The van der Waals surface area contributed by atoms with Gasteiger partial charge in [-0.15, -0.1) is 5.10 Å². The highest BCUT2D eigenvalue weighted by atomic mass is 79.9. The number of aromatic nitrogens is 3. The number of nitrogens with zero attached hydrogens (tertiary/aromatic N) is 3. The van der Waals surface area contributed by atoms with Gasteiger partial charge in [-0.05, 0) is 24.5 Å². The first kappa shape index (κ1) is 12.4. The molecule has 5 heteroatoms. The van der Waals surface area contributed by atoms with Crippen molar-refractivity contribution in [3.8, 4) is 0 Å². The van der Waals surface area contributed by atoms with Gasteiger partial charge in [0.2, 0.25) is 0 Å². The van der Waals surface area contributed by atoms with Crippen LogP contribution in [0.2, 0.25) is 0 Å². The quantitative estimate of drug-likeness (QED) is 0.795. The van der Waals surface area contributed by atoms with Crippen LogP contribution in [0.3, 0.4) is 0 Å². The molecule has 0 amide bonds. The van der Waals surface area contributed by atoms with Gasteiger partial charge in [-0.1, -0.05) is 35.3 Å². The molecule has 2 heterocycles. The Morgan fingerprint density at radius 2 is 2.29 bits per heavy atom. The molecule has 1 unspecified atom stereocenters. The monoisotopic (exact) mass is 297 g/mol. The summed E-state index contributed by atoms with van der Waals surface area (Å²) in [6, 6.07) is 5.58. The molecule has 0 spiro atoms. The van der Waals surface area contributed by atoms with Gasteiger partial charge >= 0.3 is 5.69 Å². The van der Waals surface area contributed by atoms with Gasteiger partial charge in [-0.2, -0.15) is 0 Å². The van der Waals surface area contributed by atoms with E-state index in [-0.39, 0.29) is 5.69 Å². The smallest absolute Gasteiger partial charge is 0.250 e. The summed E-state index contributed by atoms with van der Waals surface area (Å²) in [5.41, 5.74) is 0.657. The van der Waals surface area contributed by atoms with Gasteiger partial charge in [0.25, 0.3) is 0 Å². The average molecular weight is 298 g/mol. The van der Waals surface area contributed by atoms with Gasteiger partial charge in [0.1, 0.15) is 0 Å². The topological polar surface area (TPSA) is 39.3 Å². The van der Waals surface area contributed by atoms with Crippen LogP contribution in [-0.4, -0.2) is 19.5 Å². The van der Waals surface area contributed by atoms with E-state index in [9.17, 15) is 4.79 Å². The number of fused-ring (bicyclic) bond motifs is 1. The van der Waals surface area contributed by atoms with Crippen molar-refractivity contribution in [1.82, 2.24) is 14.2 Å². The molecule has 17 heavy (non-hydrogen) atoms. The summed E-state index contributed by atoms with van der Waals surface area (Å²) < 4.78 is 3.15. The maximum atomic E-state index is 12.0. The second kappa shape index (κ2) is 5.49. The Morgan fingerprint density at radius 1 is 1.47 bits per heavy atom. The molecule has 0 saturated heterocycles. The zero-order valence-corrected chi connectivity index (χ0v) is 11.4. The van der Waals surface area contributed by atoms with Gasteiger partial charge in [0, 0.05) is 11.5 Å². The first-order chi connectivity index (χ1) is 8.26. The van der Waals surface area contributed by atoms with Crippen LogP contribution >= 0.6 is 15.9 Å². The minimum absolute atomic E-state index is 0.0531. The minimum atomic E-state index is -0.0531. The van der Waals surface area contributed by atoms with Gasteiger partial charge in [0.05, 0.1) is 6.54 Å². The summed E-state index contributed by atoms with van der Waals surface area (Å²) in [7, 11) is 0. The van der Waals surface area contributed by atoms with Crippen molar-refractivity contribution in [2.24, 2.45) is 5.92 Å². The predicted octanol–water partition coefficient (Wildman–Crippen LogP) is 2.31. The average Bonchev–Trinajstić information content (AvgIpc) is 2.66. The number of hydrogen-bond donors (Lipinski definition) is 0. The van der Waals surface area contributed by atoms with Gasteiger partial charge in [-0.3, -0.25) is 4.40 Å². The Hall–Kier alpha value is -1.10. The molecule has 92 valence electrons. The van der Waals surface area contributed by atoms with Crippen LogP contribution in [0.4, 0.5) is 0 Å². The lowest BCUT2D eigenvalue weighted by Crippen LogP contribution is -2.25. The highest BCUT2D eigenvalue weighted by Crippen LogP contribution is 2.11. The summed E-state index contributed by atoms with van der Waals surface area (Å²) in [4.78, 5) is 12.0. The normalized spacial score (nSPS) is 13.1. The fraction of sp³-hybridized carbons (Fsp3) is 0.500. The third-order valence-corrected chi connectivity index (χ3v) is 3.75. The Labute approximate surface area is 108 Å². The molecule has 0 N–H and O–H groups in total. The third-order valence-electron chi connectivity index (χ3n) is 2.83. The predicted molar refractivity (Wildman–Crippen MR) is 71.6 cm³/mol. The number of pyridine rings is 1. The van der Waals surface area contributed by atoms with Crippen molar-refractivity contribution in [3.63, 3.8) is 0 Å². The zero-order chi connectivity index (χ0) is 12.3. The van der Waals surface area contributed by atoms with Gasteiger partial charge in [-0.25, -0.2) is 9.48 Å². The number of alkyl halides is 1. The summed E-state index contributed by atoms with van der Waals surface area (Å²) in [6.07, 6.45) is 3.98. The second-order valence-corrected chi connectivity index (χ2v) is 4.85. The van der Waals surface area contributed by atoms with Crippen LogP contribution < -0.4 is 5.69 Å². The van der Waals surface area contributed by atoms with Crippen molar-refractivity contribution in [1.29, 1.82) is 0 Å². The fourth-order valence-corrected chi connectivity index (χ4v) is 2.49. The Kier molecular flexibility index (Phi) is 3.99. The van der Waals surface area contributed by atoms with Crippen molar-refractivity contribution in [2.75, 3.05) is 5.33 Å². The minimum Gasteiger partial charge on any atom is -0.250 e. The molecule has 2 aromatic heterocycles. The molecule has 0 aliphatic carbocycles. The summed E-state index contributed by atoms with van der Waals surface area (Å²) in [5.74, 6) is 0.461. The van der Waals surface area contributed by atoms with E-state index >= 15 is 0 Å². The highest BCUT2D eigenvalue weighted by Gasteiger charge is 2.11. The molecule has 0 bridgehead atoms. The van der Waals surface area contributed by atoms with Crippen molar-refractivity contribution >= 4 is 21.6 Å². The van der Waals surface area contributed by atoms with Crippen LogP contribution in [0, 0.1) is 5.92 Å². The Morgan fingerprint density at radius 3 is 2.94 bits per heavy atom. The molecule has 0 aromatic carbocycles.